The Morgan fingerprint density at radius 3 is 2.32 bits per heavy atom. The van der Waals surface area contributed by atoms with Gasteiger partial charge in [-0.1, -0.05) is 58.8 Å². The molecule has 2 atom stereocenters. The molecule has 1 fully saturated rings. The second-order valence-corrected chi connectivity index (χ2v) is 9.54. The molecule has 184 valence electrons. The van der Waals surface area contributed by atoms with E-state index in [1.807, 2.05) is 24.5 Å². The molecule has 0 bridgehead atoms. The summed E-state index contributed by atoms with van der Waals surface area (Å²) in [6.07, 6.45) is 15.5. The van der Waals surface area contributed by atoms with Crippen LogP contribution in [0.15, 0.2) is 36.7 Å². The number of rotatable bonds is 13. The quantitative estimate of drug-likeness (QED) is 0.191. The van der Waals surface area contributed by atoms with Crippen LogP contribution >= 0.6 is 0 Å². The summed E-state index contributed by atoms with van der Waals surface area (Å²) in [4.78, 5) is 33.9. The molecule has 0 saturated carbocycles. The van der Waals surface area contributed by atoms with Crippen LogP contribution in [0, 0.1) is 5.92 Å². The van der Waals surface area contributed by atoms with Crippen LogP contribution in [0.2, 0.25) is 0 Å². The van der Waals surface area contributed by atoms with Crippen molar-refractivity contribution in [2.24, 2.45) is 5.92 Å². The van der Waals surface area contributed by atoms with Crippen molar-refractivity contribution in [3.8, 4) is 17.1 Å². The van der Waals surface area contributed by atoms with Crippen LogP contribution in [-0.2, 0) is 20.7 Å². The van der Waals surface area contributed by atoms with Crippen molar-refractivity contribution >= 4 is 11.9 Å². The van der Waals surface area contributed by atoms with Gasteiger partial charge in [0.25, 0.3) is 0 Å². The van der Waals surface area contributed by atoms with Crippen molar-refractivity contribution in [2.45, 2.75) is 97.0 Å². The topological polar surface area (TPSA) is 78.4 Å². The van der Waals surface area contributed by atoms with Crippen LogP contribution in [0.25, 0.3) is 11.4 Å². The molecule has 1 unspecified atom stereocenters. The third-order valence-corrected chi connectivity index (χ3v) is 6.48. The molecule has 3 rings (SSSR count). The van der Waals surface area contributed by atoms with E-state index in [-0.39, 0.29) is 11.9 Å². The van der Waals surface area contributed by atoms with Crippen LogP contribution in [-0.4, -0.2) is 27.5 Å². The largest absolute Gasteiger partial charge is 0.447 e. The summed E-state index contributed by atoms with van der Waals surface area (Å²) in [7, 11) is 0. The molecule has 2 aromatic rings. The number of carbonyl (C=O) groups is 2. The van der Waals surface area contributed by atoms with Crippen molar-refractivity contribution < 1.29 is 19.1 Å². The second kappa shape index (κ2) is 12.6. The van der Waals surface area contributed by atoms with Gasteiger partial charge in [0.1, 0.15) is 5.75 Å². The molecule has 0 N–H and O–H groups in total. The van der Waals surface area contributed by atoms with Gasteiger partial charge in [-0.15, -0.1) is 0 Å². The third kappa shape index (κ3) is 7.12. The molecule has 2 heterocycles. The average Bonchev–Trinajstić information content (AvgIpc) is 3.15. The minimum Gasteiger partial charge on any atom is -0.447 e. The Bertz CT molecular complexity index is 926. The summed E-state index contributed by atoms with van der Waals surface area (Å²) in [5, 5.41) is 0. The molecule has 1 aromatic carbocycles. The third-order valence-electron chi connectivity index (χ3n) is 6.48. The molecule has 0 aliphatic carbocycles. The molecule has 34 heavy (non-hydrogen) atoms. The SMILES string of the molecule is CCCCCCCCc1cnc(-c2ccc(OC(=O)[C@]3(C)CC(CCCC)C(=O)O3)cc2)nc1. The first-order chi connectivity index (χ1) is 16.4. The van der Waals surface area contributed by atoms with E-state index in [4.69, 9.17) is 9.47 Å². The lowest BCUT2D eigenvalue weighted by Crippen LogP contribution is -2.38. The number of hydrogen-bond donors (Lipinski definition) is 0. The first kappa shape index (κ1) is 25.9. The maximum Gasteiger partial charge on any atom is 0.355 e. The molecule has 1 aliphatic heterocycles. The van der Waals surface area contributed by atoms with Crippen LogP contribution in [0.3, 0.4) is 0 Å². The van der Waals surface area contributed by atoms with Crippen LogP contribution < -0.4 is 4.74 Å². The molecule has 1 saturated heterocycles. The number of hydrogen-bond acceptors (Lipinski definition) is 6. The number of aryl methyl sites for hydroxylation is 1. The highest BCUT2D eigenvalue weighted by Crippen LogP contribution is 2.35. The standard InChI is InChI=1S/C28H38N2O4/c1-4-6-8-9-10-11-12-21-19-29-25(30-20-21)22-14-16-24(17-15-22)33-27(32)28(3)18-23(13-7-5-2)26(31)34-28/h14-17,19-20,23H,4-13,18H2,1-3H3/t23?,28-/m0/s1. The van der Waals surface area contributed by atoms with E-state index in [2.05, 4.69) is 23.8 Å². The minimum absolute atomic E-state index is 0.235. The number of cyclic esters (lactones) is 1. The summed E-state index contributed by atoms with van der Waals surface area (Å²) in [5.41, 5.74) is 0.772. The predicted octanol–water partition coefficient (Wildman–Crippen LogP) is 6.46. The number of benzene rings is 1. The highest BCUT2D eigenvalue weighted by Gasteiger charge is 2.49. The summed E-state index contributed by atoms with van der Waals surface area (Å²) in [6, 6.07) is 7.10. The van der Waals surface area contributed by atoms with Crippen molar-refractivity contribution in [1.29, 1.82) is 0 Å². The Hall–Kier alpha value is -2.76. The van der Waals surface area contributed by atoms with E-state index < -0.39 is 11.6 Å². The Morgan fingerprint density at radius 1 is 1.00 bits per heavy atom. The normalized spacial score (nSPS) is 19.7. The van der Waals surface area contributed by atoms with Gasteiger partial charge in [0.2, 0.25) is 5.60 Å². The van der Waals surface area contributed by atoms with Crippen molar-refractivity contribution in [3.05, 3.63) is 42.2 Å². The molecule has 0 amide bonds. The minimum atomic E-state index is -1.23. The zero-order valence-corrected chi connectivity index (χ0v) is 20.8. The number of unbranched alkanes of at least 4 members (excludes halogenated alkanes) is 6. The number of esters is 2. The molecule has 1 aliphatic rings. The van der Waals surface area contributed by atoms with Crippen molar-refractivity contribution in [3.63, 3.8) is 0 Å². The monoisotopic (exact) mass is 466 g/mol. The van der Waals surface area contributed by atoms with E-state index in [0.29, 0.717) is 18.0 Å². The maximum absolute atomic E-state index is 12.7. The van der Waals surface area contributed by atoms with Gasteiger partial charge in [-0.2, -0.15) is 0 Å². The molecular weight excluding hydrogens is 428 g/mol. The number of aromatic nitrogens is 2. The van der Waals surface area contributed by atoms with Crippen LogP contribution in [0.4, 0.5) is 0 Å². The van der Waals surface area contributed by atoms with Gasteiger partial charge in [0, 0.05) is 24.4 Å². The van der Waals surface area contributed by atoms with Gasteiger partial charge in [-0.3, -0.25) is 4.79 Å². The molecule has 6 nitrogen and oxygen atoms in total. The van der Waals surface area contributed by atoms with Crippen LogP contribution in [0.1, 0.15) is 90.5 Å². The predicted molar refractivity (Wildman–Crippen MR) is 132 cm³/mol. The lowest BCUT2D eigenvalue weighted by molar-refractivity contribution is -0.166. The lowest BCUT2D eigenvalue weighted by Gasteiger charge is -2.20. The van der Waals surface area contributed by atoms with E-state index in [0.717, 1.165) is 36.8 Å². The zero-order chi connectivity index (χ0) is 24.4. The van der Waals surface area contributed by atoms with Gasteiger partial charge < -0.3 is 9.47 Å². The van der Waals surface area contributed by atoms with Gasteiger partial charge in [-0.05, 0) is 56.0 Å². The van der Waals surface area contributed by atoms with Gasteiger partial charge in [0.15, 0.2) is 5.82 Å². The number of ether oxygens (including phenoxy) is 2. The fourth-order valence-electron chi connectivity index (χ4n) is 4.33. The summed E-state index contributed by atoms with van der Waals surface area (Å²) in [5.74, 6) is -0.0352. The van der Waals surface area contributed by atoms with E-state index >= 15 is 0 Å². The van der Waals surface area contributed by atoms with Gasteiger partial charge in [-0.25, -0.2) is 14.8 Å². The fraction of sp³-hybridized carbons (Fsp3) is 0.571. The summed E-state index contributed by atoms with van der Waals surface area (Å²) >= 11 is 0. The smallest absolute Gasteiger partial charge is 0.355 e. The summed E-state index contributed by atoms with van der Waals surface area (Å²) < 4.78 is 11.0. The van der Waals surface area contributed by atoms with Crippen LogP contribution in [0.5, 0.6) is 5.75 Å². The Morgan fingerprint density at radius 2 is 1.65 bits per heavy atom. The first-order valence-electron chi connectivity index (χ1n) is 12.8. The zero-order valence-electron chi connectivity index (χ0n) is 20.8. The molecular formula is C28H38N2O4. The summed E-state index contributed by atoms with van der Waals surface area (Å²) in [6.45, 7) is 5.94. The lowest BCUT2D eigenvalue weighted by atomic mass is 9.92. The number of carbonyl (C=O) groups excluding carboxylic acids is 2. The van der Waals surface area contributed by atoms with Crippen molar-refractivity contribution in [2.75, 3.05) is 0 Å². The Kier molecular flexibility index (Phi) is 9.61. The Labute approximate surface area is 203 Å². The highest BCUT2D eigenvalue weighted by atomic mass is 16.6. The van der Waals surface area contributed by atoms with E-state index in [1.165, 1.54) is 38.5 Å². The van der Waals surface area contributed by atoms with Crippen molar-refractivity contribution in [1.82, 2.24) is 9.97 Å². The molecule has 0 spiro atoms. The number of nitrogens with zero attached hydrogens (tertiary/aromatic N) is 2. The maximum atomic E-state index is 12.7. The van der Waals surface area contributed by atoms with Gasteiger partial charge >= 0.3 is 11.9 Å². The second-order valence-electron chi connectivity index (χ2n) is 9.54. The Balaban J connectivity index is 1.51. The van der Waals surface area contributed by atoms with E-state index in [1.54, 1.807) is 19.1 Å². The molecule has 1 aromatic heterocycles. The van der Waals surface area contributed by atoms with Gasteiger partial charge in [0.05, 0.1) is 5.92 Å². The molecule has 0 radical (unpaired) electrons. The molecule has 6 heteroatoms. The van der Waals surface area contributed by atoms with E-state index in [9.17, 15) is 9.59 Å². The average molecular weight is 467 g/mol. The fourth-order valence-corrected chi connectivity index (χ4v) is 4.33. The first-order valence-corrected chi connectivity index (χ1v) is 12.8. The highest BCUT2D eigenvalue weighted by molar-refractivity contribution is 5.88.